The number of aromatic nitrogens is 2. The van der Waals surface area contributed by atoms with Crippen molar-refractivity contribution in [3.05, 3.63) is 41.5 Å². The molecule has 2 amide bonds. The highest BCUT2D eigenvalue weighted by Crippen LogP contribution is 2.37. The zero-order chi connectivity index (χ0) is 22.9. The minimum absolute atomic E-state index is 0.137. The lowest BCUT2D eigenvalue weighted by Gasteiger charge is -2.38. The van der Waals surface area contributed by atoms with Gasteiger partial charge in [0.1, 0.15) is 5.75 Å². The number of hydrogen-bond donors (Lipinski definition) is 1. The van der Waals surface area contributed by atoms with E-state index >= 15 is 0 Å². The number of urea groups is 1. The van der Waals surface area contributed by atoms with Crippen LogP contribution in [0.1, 0.15) is 48.9 Å². The molecule has 3 unspecified atom stereocenters. The summed E-state index contributed by atoms with van der Waals surface area (Å²) in [6, 6.07) is 5.54. The van der Waals surface area contributed by atoms with Gasteiger partial charge >= 0.3 is 12.4 Å². The Hall–Kier alpha value is -2.82. The quantitative estimate of drug-likeness (QED) is 0.762. The van der Waals surface area contributed by atoms with Crippen molar-refractivity contribution < 1.29 is 32.3 Å². The van der Waals surface area contributed by atoms with Crippen molar-refractivity contribution in [1.82, 2.24) is 19.9 Å². The maximum absolute atomic E-state index is 13.1. The number of aliphatic hydroxyl groups is 1. The molecule has 4 rings (SSSR count). The Balaban J connectivity index is 1.55. The summed E-state index contributed by atoms with van der Waals surface area (Å²) in [7, 11) is 0. The average Bonchev–Trinajstić information content (AvgIpc) is 3.41. The molecule has 174 valence electrons. The summed E-state index contributed by atoms with van der Waals surface area (Å²) < 4.78 is 46.8. The van der Waals surface area contributed by atoms with Crippen molar-refractivity contribution in [3.8, 4) is 5.75 Å². The van der Waals surface area contributed by atoms with Gasteiger partial charge < -0.3 is 24.2 Å². The van der Waals surface area contributed by atoms with E-state index in [1.807, 2.05) is 6.92 Å². The van der Waals surface area contributed by atoms with Crippen LogP contribution >= 0.6 is 0 Å². The molecule has 32 heavy (non-hydrogen) atoms. The number of carbonyl (C=O) groups excluding carboxylic acids is 1. The van der Waals surface area contributed by atoms with E-state index in [-0.39, 0.29) is 30.2 Å². The molecular weight excluding hydrogens is 429 g/mol. The molecule has 1 aromatic heterocycles. The third kappa shape index (κ3) is 5.14. The van der Waals surface area contributed by atoms with Crippen LogP contribution in [0.5, 0.6) is 5.75 Å². The predicted molar refractivity (Wildman–Crippen MR) is 106 cm³/mol. The second-order valence-electron chi connectivity index (χ2n) is 8.22. The molecule has 2 aromatic rings. The van der Waals surface area contributed by atoms with E-state index in [9.17, 15) is 23.1 Å². The number of benzene rings is 1. The lowest BCUT2D eigenvalue weighted by molar-refractivity contribution is -0.274. The van der Waals surface area contributed by atoms with Gasteiger partial charge in [0.2, 0.25) is 5.89 Å². The zero-order valence-corrected chi connectivity index (χ0v) is 17.6. The maximum atomic E-state index is 13.1. The van der Waals surface area contributed by atoms with Gasteiger partial charge in [-0.3, -0.25) is 0 Å². The van der Waals surface area contributed by atoms with Crippen LogP contribution in [-0.4, -0.2) is 69.7 Å². The van der Waals surface area contributed by atoms with Crippen molar-refractivity contribution in [2.24, 2.45) is 0 Å². The van der Waals surface area contributed by atoms with E-state index in [2.05, 4.69) is 14.9 Å². The number of likely N-dealkylation sites (tertiary alicyclic amines) is 2. The molecule has 0 radical (unpaired) electrons. The number of halogens is 3. The number of aryl methyl sites for hydroxylation is 1. The fourth-order valence-corrected chi connectivity index (χ4v) is 4.31. The van der Waals surface area contributed by atoms with Crippen molar-refractivity contribution in [2.75, 3.05) is 26.2 Å². The van der Waals surface area contributed by atoms with Gasteiger partial charge in [-0.25, -0.2) is 4.79 Å². The minimum Gasteiger partial charge on any atom is -0.406 e. The Morgan fingerprint density at radius 3 is 2.50 bits per heavy atom. The van der Waals surface area contributed by atoms with Gasteiger partial charge in [0.25, 0.3) is 0 Å². The number of aliphatic hydroxyl groups excluding tert-OH is 1. The Labute approximate surface area is 182 Å². The van der Waals surface area contributed by atoms with Gasteiger partial charge in [-0.2, -0.15) is 4.98 Å². The van der Waals surface area contributed by atoms with Crippen LogP contribution < -0.4 is 4.74 Å². The Bertz CT molecular complexity index is 934. The summed E-state index contributed by atoms with van der Waals surface area (Å²) in [5.74, 6) is 0.391. The second kappa shape index (κ2) is 8.97. The van der Waals surface area contributed by atoms with Gasteiger partial charge in [-0.15, -0.1) is 13.2 Å². The third-order valence-electron chi connectivity index (χ3n) is 5.89. The first-order chi connectivity index (χ1) is 15.2. The second-order valence-corrected chi connectivity index (χ2v) is 8.22. The van der Waals surface area contributed by atoms with E-state index in [1.165, 1.54) is 12.1 Å². The fourth-order valence-electron chi connectivity index (χ4n) is 4.31. The predicted octanol–water partition coefficient (Wildman–Crippen LogP) is 3.29. The van der Waals surface area contributed by atoms with E-state index in [4.69, 9.17) is 4.52 Å². The summed E-state index contributed by atoms with van der Waals surface area (Å²) in [5, 5.41) is 13.8. The van der Waals surface area contributed by atoms with Crippen LogP contribution in [0.2, 0.25) is 0 Å². The standard InChI is InChI=1S/C21H25F3N4O4/c1-2-18-25-19(32-26-18)15-9-14(13-3-5-17(6-4-13)31-21(22,23)24)10-28(11-15)20(30)27-8-7-16(29)12-27/h3-6,14-16,29H,2,7-12H2,1H3. The highest BCUT2D eigenvalue weighted by Gasteiger charge is 2.38. The first-order valence-electron chi connectivity index (χ1n) is 10.6. The number of amides is 2. The zero-order valence-electron chi connectivity index (χ0n) is 17.6. The molecule has 0 aliphatic carbocycles. The Morgan fingerprint density at radius 2 is 1.91 bits per heavy atom. The van der Waals surface area contributed by atoms with Crippen LogP contribution in [0.25, 0.3) is 0 Å². The molecule has 1 N–H and O–H groups in total. The Morgan fingerprint density at radius 1 is 1.19 bits per heavy atom. The van der Waals surface area contributed by atoms with Gasteiger partial charge in [-0.1, -0.05) is 24.2 Å². The number of alkyl halides is 3. The first-order valence-corrected chi connectivity index (χ1v) is 10.6. The van der Waals surface area contributed by atoms with Gasteiger partial charge in [0.15, 0.2) is 5.82 Å². The molecule has 2 aliphatic rings. The molecule has 3 atom stereocenters. The van der Waals surface area contributed by atoms with Gasteiger partial charge in [0.05, 0.1) is 12.0 Å². The molecule has 0 saturated carbocycles. The van der Waals surface area contributed by atoms with Crippen molar-refractivity contribution in [2.45, 2.75) is 50.5 Å². The fraction of sp³-hybridized carbons (Fsp3) is 0.571. The van der Waals surface area contributed by atoms with Gasteiger partial charge in [0, 0.05) is 38.5 Å². The summed E-state index contributed by atoms with van der Waals surface area (Å²) in [4.78, 5) is 20.8. The number of hydrogen-bond acceptors (Lipinski definition) is 6. The van der Waals surface area contributed by atoms with Crippen molar-refractivity contribution in [1.29, 1.82) is 0 Å². The SMILES string of the molecule is CCc1noc(C2CC(c3ccc(OC(F)(F)F)cc3)CN(C(=O)N3CCC(O)C3)C2)n1. The number of β-amino-alcohol motifs (C(OH)–C–C–N with tert-alkyl or cyclic N) is 1. The molecule has 11 heteroatoms. The monoisotopic (exact) mass is 454 g/mol. The van der Waals surface area contributed by atoms with Crippen LogP contribution in [0.3, 0.4) is 0 Å². The summed E-state index contributed by atoms with van der Waals surface area (Å²) >= 11 is 0. The van der Waals surface area contributed by atoms with Crippen LogP contribution in [0.4, 0.5) is 18.0 Å². The number of piperidine rings is 1. The molecule has 2 aliphatic heterocycles. The molecular formula is C21H25F3N4O4. The highest BCUT2D eigenvalue weighted by molar-refractivity contribution is 5.75. The molecule has 2 fully saturated rings. The van der Waals surface area contributed by atoms with Crippen LogP contribution in [0.15, 0.2) is 28.8 Å². The van der Waals surface area contributed by atoms with E-state index in [0.717, 1.165) is 5.56 Å². The topological polar surface area (TPSA) is 91.9 Å². The van der Waals surface area contributed by atoms with E-state index in [1.54, 1.807) is 21.9 Å². The van der Waals surface area contributed by atoms with E-state index < -0.39 is 12.5 Å². The normalized spacial score (nSPS) is 24.1. The first kappa shape index (κ1) is 22.4. The number of rotatable bonds is 4. The smallest absolute Gasteiger partial charge is 0.406 e. The molecule has 0 spiro atoms. The van der Waals surface area contributed by atoms with Crippen LogP contribution in [-0.2, 0) is 6.42 Å². The largest absolute Gasteiger partial charge is 0.573 e. The number of carbonyl (C=O) groups is 1. The Kier molecular flexibility index (Phi) is 6.27. The summed E-state index contributed by atoms with van der Waals surface area (Å²) in [5.41, 5.74) is 0.790. The average molecular weight is 454 g/mol. The number of ether oxygens (including phenoxy) is 1. The van der Waals surface area contributed by atoms with E-state index in [0.29, 0.717) is 50.6 Å². The molecule has 0 bridgehead atoms. The number of nitrogens with zero attached hydrogens (tertiary/aromatic N) is 4. The van der Waals surface area contributed by atoms with Gasteiger partial charge in [-0.05, 0) is 30.5 Å². The lowest BCUT2D eigenvalue weighted by Crippen LogP contribution is -2.48. The molecule has 2 saturated heterocycles. The molecule has 1 aromatic carbocycles. The lowest BCUT2D eigenvalue weighted by atomic mass is 9.84. The minimum atomic E-state index is -4.75. The van der Waals surface area contributed by atoms with Crippen LogP contribution in [0, 0.1) is 0 Å². The molecule has 8 nitrogen and oxygen atoms in total. The maximum Gasteiger partial charge on any atom is 0.573 e. The summed E-state index contributed by atoms with van der Waals surface area (Å²) in [6.45, 7) is 3.47. The van der Waals surface area contributed by atoms with Crippen molar-refractivity contribution >= 4 is 6.03 Å². The van der Waals surface area contributed by atoms with Crippen molar-refractivity contribution in [3.63, 3.8) is 0 Å². The third-order valence-corrected chi connectivity index (χ3v) is 5.89. The highest BCUT2D eigenvalue weighted by atomic mass is 19.4. The summed E-state index contributed by atoms with van der Waals surface area (Å²) in [6.07, 6.45) is -3.52. The molecule has 3 heterocycles.